The fourth-order valence-corrected chi connectivity index (χ4v) is 2.79. The fraction of sp³-hybridized carbons (Fsp3) is 0.222. The molecule has 1 aliphatic rings. The first-order valence-electron chi connectivity index (χ1n) is 7.25. The topological polar surface area (TPSA) is 12.0 Å². The molecule has 1 N–H and O–H groups in total. The van der Waals surface area contributed by atoms with Crippen molar-refractivity contribution in [1.29, 1.82) is 0 Å². The number of rotatable bonds is 3. The molecule has 1 unspecified atom stereocenters. The summed E-state index contributed by atoms with van der Waals surface area (Å²) in [5, 5.41) is 3.37. The van der Waals surface area contributed by atoms with Crippen molar-refractivity contribution in [3.05, 3.63) is 77.1 Å². The zero-order valence-corrected chi connectivity index (χ0v) is 12.0. The molecule has 0 radical (unpaired) electrons. The maximum atomic E-state index is 13.4. The zero-order valence-electron chi connectivity index (χ0n) is 12.0. The van der Waals surface area contributed by atoms with Gasteiger partial charge in [0.1, 0.15) is 0 Å². The van der Waals surface area contributed by atoms with Gasteiger partial charge in [-0.2, -0.15) is 0 Å². The SMILES string of the molecule is Fc1cc(C2=CCNC(Cc3ccccc3)C2)cc(F)c1F. The lowest BCUT2D eigenvalue weighted by Gasteiger charge is -2.25. The molecule has 4 heteroatoms. The van der Waals surface area contributed by atoms with Gasteiger partial charge in [-0.3, -0.25) is 0 Å². The highest BCUT2D eigenvalue weighted by Gasteiger charge is 2.19. The number of benzene rings is 2. The van der Waals surface area contributed by atoms with E-state index in [2.05, 4.69) is 17.4 Å². The van der Waals surface area contributed by atoms with Crippen molar-refractivity contribution in [2.75, 3.05) is 6.54 Å². The van der Waals surface area contributed by atoms with Gasteiger partial charge in [0.25, 0.3) is 0 Å². The maximum absolute atomic E-state index is 13.4. The van der Waals surface area contributed by atoms with E-state index >= 15 is 0 Å². The molecule has 2 aromatic carbocycles. The summed E-state index contributed by atoms with van der Waals surface area (Å²) in [5.41, 5.74) is 2.46. The summed E-state index contributed by atoms with van der Waals surface area (Å²) in [6, 6.07) is 12.4. The van der Waals surface area contributed by atoms with E-state index in [1.165, 1.54) is 5.56 Å². The first-order valence-corrected chi connectivity index (χ1v) is 7.25. The molecule has 0 bridgehead atoms. The summed E-state index contributed by atoms with van der Waals surface area (Å²) in [6.45, 7) is 0.632. The van der Waals surface area contributed by atoms with Crippen LogP contribution in [0.5, 0.6) is 0 Å². The van der Waals surface area contributed by atoms with E-state index in [9.17, 15) is 13.2 Å². The number of nitrogens with one attached hydrogen (secondary N) is 1. The molecule has 0 aliphatic carbocycles. The van der Waals surface area contributed by atoms with Gasteiger partial charge in [0.15, 0.2) is 17.5 Å². The third-order valence-corrected chi connectivity index (χ3v) is 3.90. The van der Waals surface area contributed by atoms with Crippen molar-refractivity contribution in [3.63, 3.8) is 0 Å². The van der Waals surface area contributed by atoms with E-state index in [0.29, 0.717) is 18.5 Å². The van der Waals surface area contributed by atoms with E-state index in [1.807, 2.05) is 24.3 Å². The fourth-order valence-electron chi connectivity index (χ4n) is 2.79. The Bertz CT molecular complexity index is 672. The van der Waals surface area contributed by atoms with Crippen LogP contribution in [0.15, 0.2) is 48.5 Å². The Morgan fingerprint density at radius 2 is 1.68 bits per heavy atom. The van der Waals surface area contributed by atoms with Gasteiger partial charge in [-0.1, -0.05) is 36.4 Å². The highest BCUT2D eigenvalue weighted by molar-refractivity contribution is 5.67. The molecule has 1 aliphatic heterocycles. The summed E-state index contributed by atoms with van der Waals surface area (Å²) in [7, 11) is 0. The van der Waals surface area contributed by atoms with Crippen LogP contribution in [0.4, 0.5) is 13.2 Å². The minimum absolute atomic E-state index is 0.193. The Morgan fingerprint density at radius 1 is 1.00 bits per heavy atom. The number of halogens is 3. The van der Waals surface area contributed by atoms with Crippen molar-refractivity contribution in [2.24, 2.45) is 0 Å². The Morgan fingerprint density at radius 3 is 2.36 bits per heavy atom. The predicted molar refractivity (Wildman–Crippen MR) is 80.8 cm³/mol. The third-order valence-electron chi connectivity index (χ3n) is 3.90. The molecular formula is C18H16F3N. The van der Waals surface area contributed by atoms with Crippen LogP contribution in [-0.2, 0) is 6.42 Å². The van der Waals surface area contributed by atoms with Gasteiger partial charge in [0, 0.05) is 12.6 Å². The van der Waals surface area contributed by atoms with E-state index in [1.54, 1.807) is 0 Å². The van der Waals surface area contributed by atoms with Gasteiger partial charge in [-0.25, -0.2) is 13.2 Å². The average molecular weight is 303 g/mol. The smallest absolute Gasteiger partial charge is 0.194 e. The molecule has 0 saturated heterocycles. The Kier molecular flexibility index (Phi) is 4.29. The highest BCUT2D eigenvalue weighted by atomic mass is 19.2. The van der Waals surface area contributed by atoms with Crippen molar-refractivity contribution in [2.45, 2.75) is 18.9 Å². The molecule has 0 aromatic heterocycles. The summed E-state index contributed by atoms with van der Waals surface area (Å²) in [5.74, 6) is -3.71. The van der Waals surface area contributed by atoms with E-state index in [0.717, 1.165) is 24.1 Å². The zero-order chi connectivity index (χ0) is 15.5. The van der Waals surface area contributed by atoms with Crippen molar-refractivity contribution in [1.82, 2.24) is 5.32 Å². The summed E-state index contributed by atoms with van der Waals surface area (Å²) in [4.78, 5) is 0. The lowest BCUT2D eigenvalue weighted by molar-refractivity contribution is 0.446. The average Bonchev–Trinajstić information content (AvgIpc) is 2.53. The van der Waals surface area contributed by atoms with E-state index < -0.39 is 17.5 Å². The highest BCUT2D eigenvalue weighted by Crippen LogP contribution is 2.26. The second kappa shape index (κ2) is 6.36. The normalized spacial score (nSPS) is 18.1. The molecule has 2 aromatic rings. The van der Waals surface area contributed by atoms with Crippen LogP contribution < -0.4 is 5.32 Å². The van der Waals surface area contributed by atoms with Crippen molar-refractivity contribution >= 4 is 5.57 Å². The van der Waals surface area contributed by atoms with Crippen LogP contribution >= 0.6 is 0 Å². The van der Waals surface area contributed by atoms with Crippen LogP contribution in [0, 0.1) is 17.5 Å². The predicted octanol–water partition coefficient (Wildman–Crippen LogP) is 4.09. The molecule has 0 amide bonds. The second-order valence-electron chi connectivity index (χ2n) is 5.48. The van der Waals surface area contributed by atoms with Crippen LogP contribution in [0.1, 0.15) is 17.5 Å². The molecular weight excluding hydrogens is 287 g/mol. The first-order chi connectivity index (χ1) is 10.6. The Labute approximate surface area is 127 Å². The van der Waals surface area contributed by atoms with Crippen LogP contribution in [0.25, 0.3) is 5.57 Å². The van der Waals surface area contributed by atoms with Gasteiger partial charge in [0.2, 0.25) is 0 Å². The van der Waals surface area contributed by atoms with Crippen LogP contribution in [-0.4, -0.2) is 12.6 Å². The molecule has 1 nitrogen and oxygen atoms in total. The molecule has 0 saturated carbocycles. The second-order valence-corrected chi connectivity index (χ2v) is 5.48. The van der Waals surface area contributed by atoms with E-state index in [-0.39, 0.29) is 6.04 Å². The van der Waals surface area contributed by atoms with Crippen molar-refractivity contribution < 1.29 is 13.2 Å². The number of hydrogen-bond acceptors (Lipinski definition) is 1. The van der Waals surface area contributed by atoms with Crippen LogP contribution in [0.3, 0.4) is 0 Å². The molecule has 22 heavy (non-hydrogen) atoms. The minimum Gasteiger partial charge on any atom is -0.310 e. The quantitative estimate of drug-likeness (QED) is 0.842. The third kappa shape index (κ3) is 3.22. The Hall–Kier alpha value is -2.07. The van der Waals surface area contributed by atoms with Gasteiger partial charge in [0.05, 0.1) is 0 Å². The summed E-state index contributed by atoms with van der Waals surface area (Å²) >= 11 is 0. The summed E-state index contributed by atoms with van der Waals surface area (Å²) in [6.07, 6.45) is 3.39. The van der Waals surface area contributed by atoms with Gasteiger partial charge >= 0.3 is 0 Å². The molecule has 1 heterocycles. The lowest BCUT2D eigenvalue weighted by Crippen LogP contribution is -2.34. The number of hydrogen-bond donors (Lipinski definition) is 1. The van der Waals surface area contributed by atoms with E-state index in [4.69, 9.17) is 0 Å². The molecule has 0 fully saturated rings. The van der Waals surface area contributed by atoms with Crippen LogP contribution in [0.2, 0.25) is 0 Å². The van der Waals surface area contributed by atoms with Gasteiger partial charge in [-0.15, -0.1) is 0 Å². The van der Waals surface area contributed by atoms with Gasteiger partial charge < -0.3 is 5.32 Å². The molecule has 0 spiro atoms. The van der Waals surface area contributed by atoms with Crippen molar-refractivity contribution in [3.8, 4) is 0 Å². The standard InChI is InChI=1S/C18H16F3N/c19-16-10-14(11-17(20)18(16)21)13-6-7-22-15(9-13)8-12-4-2-1-3-5-12/h1-6,10-11,15,22H,7-9H2. The molecule has 3 rings (SSSR count). The minimum atomic E-state index is -1.42. The largest absolute Gasteiger partial charge is 0.310 e. The molecule has 1 atom stereocenters. The first kappa shape index (κ1) is 14.9. The summed E-state index contributed by atoms with van der Waals surface area (Å²) < 4.78 is 39.8. The maximum Gasteiger partial charge on any atom is 0.194 e. The lowest BCUT2D eigenvalue weighted by atomic mass is 9.92. The Balaban J connectivity index is 1.77. The molecule has 114 valence electrons. The van der Waals surface area contributed by atoms with Gasteiger partial charge in [-0.05, 0) is 41.7 Å². The monoisotopic (exact) mass is 303 g/mol.